The van der Waals surface area contributed by atoms with Crippen molar-refractivity contribution in [2.45, 2.75) is 94.5 Å². The Bertz CT molecular complexity index is 683. The summed E-state index contributed by atoms with van der Waals surface area (Å²) in [7, 11) is 0. The lowest BCUT2D eigenvalue weighted by atomic mass is 9.97. The lowest BCUT2D eigenvalue weighted by molar-refractivity contribution is -0.119. The number of likely N-dealkylation sites (N-methyl/N-ethyl adjacent to an activating group) is 1. The van der Waals surface area contributed by atoms with Crippen LogP contribution in [0.3, 0.4) is 0 Å². The van der Waals surface area contributed by atoms with Gasteiger partial charge in [0.25, 0.3) is 0 Å². The van der Waals surface area contributed by atoms with Gasteiger partial charge in [0, 0.05) is 29.6 Å². The summed E-state index contributed by atoms with van der Waals surface area (Å²) < 4.78 is 0. The molecule has 0 aliphatic rings. The third-order valence-corrected chi connectivity index (χ3v) is 4.34. The number of nitrogens with zero attached hydrogens (tertiary/aromatic N) is 2. The fraction of sp³-hybridized carbons (Fsp3) is 0.593. The van der Waals surface area contributed by atoms with Crippen LogP contribution in [0, 0.1) is 0 Å². The van der Waals surface area contributed by atoms with Crippen LogP contribution in [0.25, 0.3) is 0 Å². The van der Waals surface area contributed by atoms with Gasteiger partial charge < -0.3 is 16.0 Å². The van der Waals surface area contributed by atoms with E-state index in [1.165, 1.54) is 12.7 Å². The van der Waals surface area contributed by atoms with Crippen molar-refractivity contribution in [3.8, 4) is 0 Å². The smallest absolute Gasteiger partial charge is 0.247 e. The molecule has 1 atom stereocenters. The third-order valence-electron chi connectivity index (χ3n) is 4.34. The SMILES string of the molecule is C=C/C(=C\C(C)=C(/C)C(=O)NC(C)(CC)CNCC)Nc1ccncn1.CC.CC.CCC. The molecule has 0 bridgehead atoms. The van der Waals surface area contributed by atoms with Crippen molar-refractivity contribution in [3.05, 3.63) is 54.2 Å². The zero-order valence-corrected chi connectivity index (χ0v) is 23.2. The highest BCUT2D eigenvalue weighted by Gasteiger charge is 2.24. The van der Waals surface area contributed by atoms with Crippen molar-refractivity contribution in [1.82, 2.24) is 20.6 Å². The summed E-state index contributed by atoms with van der Waals surface area (Å²) in [4.78, 5) is 20.7. The number of allylic oxidation sites excluding steroid dienone is 3. The molecule has 0 saturated carbocycles. The van der Waals surface area contributed by atoms with E-state index in [1.807, 2.05) is 47.6 Å². The average molecular weight is 462 g/mol. The van der Waals surface area contributed by atoms with E-state index in [2.05, 4.69) is 67.1 Å². The molecule has 3 N–H and O–H groups in total. The molecule has 0 radical (unpaired) electrons. The molecule has 0 aliphatic heterocycles. The first-order valence-electron chi connectivity index (χ1n) is 12.3. The van der Waals surface area contributed by atoms with Crippen LogP contribution in [0.1, 0.15) is 89.0 Å². The number of hydrogen-bond acceptors (Lipinski definition) is 5. The number of hydrogen-bond donors (Lipinski definition) is 3. The monoisotopic (exact) mass is 461 g/mol. The molecule has 1 aromatic heterocycles. The molecule has 6 heteroatoms. The van der Waals surface area contributed by atoms with Crippen molar-refractivity contribution in [1.29, 1.82) is 0 Å². The predicted molar refractivity (Wildman–Crippen MR) is 146 cm³/mol. The van der Waals surface area contributed by atoms with Crippen LogP contribution in [-0.2, 0) is 4.79 Å². The number of anilines is 1. The lowest BCUT2D eigenvalue weighted by Crippen LogP contribution is -2.52. The maximum absolute atomic E-state index is 12.7. The highest BCUT2D eigenvalue weighted by Crippen LogP contribution is 2.14. The fourth-order valence-corrected chi connectivity index (χ4v) is 2.21. The van der Waals surface area contributed by atoms with Crippen molar-refractivity contribution in [2.75, 3.05) is 18.4 Å². The van der Waals surface area contributed by atoms with E-state index in [0.717, 1.165) is 30.8 Å². The quantitative estimate of drug-likeness (QED) is 0.268. The number of aromatic nitrogens is 2. The number of amides is 1. The number of carbonyl (C=O) groups excluding carboxylic acids is 1. The number of carbonyl (C=O) groups is 1. The minimum atomic E-state index is -0.279. The number of rotatable bonds is 10. The van der Waals surface area contributed by atoms with Crippen LogP contribution in [0.2, 0.25) is 0 Å². The summed E-state index contributed by atoms with van der Waals surface area (Å²) in [5.74, 6) is 0.608. The van der Waals surface area contributed by atoms with Gasteiger partial charge in [0.05, 0.1) is 0 Å². The molecule has 0 aliphatic carbocycles. The van der Waals surface area contributed by atoms with Crippen LogP contribution >= 0.6 is 0 Å². The Labute approximate surface area is 204 Å². The van der Waals surface area contributed by atoms with E-state index in [0.29, 0.717) is 11.4 Å². The van der Waals surface area contributed by atoms with Crippen molar-refractivity contribution < 1.29 is 4.79 Å². The molecular weight excluding hydrogens is 410 g/mol. The van der Waals surface area contributed by atoms with Gasteiger partial charge in [0.15, 0.2) is 0 Å². The summed E-state index contributed by atoms with van der Waals surface area (Å²) in [5, 5.41) is 9.60. The average Bonchev–Trinajstić information content (AvgIpc) is 2.85. The molecule has 1 aromatic rings. The minimum absolute atomic E-state index is 0.0635. The van der Waals surface area contributed by atoms with Gasteiger partial charge in [-0.25, -0.2) is 9.97 Å². The van der Waals surface area contributed by atoms with Crippen molar-refractivity contribution in [3.63, 3.8) is 0 Å². The molecule has 0 fully saturated rings. The van der Waals surface area contributed by atoms with Gasteiger partial charge in [-0.2, -0.15) is 0 Å². The minimum Gasteiger partial charge on any atom is -0.346 e. The van der Waals surface area contributed by atoms with Crippen LogP contribution in [-0.4, -0.2) is 34.5 Å². The first-order valence-corrected chi connectivity index (χ1v) is 12.3. The lowest BCUT2D eigenvalue weighted by Gasteiger charge is -2.30. The Morgan fingerprint density at radius 1 is 1.12 bits per heavy atom. The molecule has 1 rings (SSSR count). The van der Waals surface area contributed by atoms with Crippen molar-refractivity contribution >= 4 is 11.7 Å². The van der Waals surface area contributed by atoms with E-state index < -0.39 is 0 Å². The van der Waals surface area contributed by atoms with Gasteiger partial charge in [0.2, 0.25) is 5.91 Å². The Kier molecular flexibility index (Phi) is 24.2. The predicted octanol–water partition coefficient (Wildman–Crippen LogP) is 6.66. The molecule has 190 valence electrons. The highest BCUT2D eigenvalue weighted by molar-refractivity contribution is 5.94. The first kappa shape index (κ1) is 35.1. The topological polar surface area (TPSA) is 78.9 Å². The third kappa shape index (κ3) is 16.8. The normalized spacial score (nSPS) is 12.6. The standard InChI is InChI=1S/C20H31N5O.C3H8.2C2H6/c1-7-17(24-18-10-11-22-14-23-18)12-15(4)16(5)19(26)25-20(6,8-2)13-21-9-3;1-3-2;2*1-2/h7,10-12,14,21H,1,8-9,13H2,2-6H3,(H,25,26)(H,22,23,24);3H2,1-2H3;2*1-2H3/b16-15+,17-12+;;;. The van der Waals surface area contributed by atoms with Gasteiger partial charge in [-0.1, -0.05) is 68.4 Å². The molecule has 1 amide bonds. The van der Waals surface area contributed by atoms with Crippen LogP contribution in [0.5, 0.6) is 0 Å². The molecule has 0 saturated heterocycles. The molecule has 0 spiro atoms. The van der Waals surface area contributed by atoms with Crippen molar-refractivity contribution in [2.24, 2.45) is 0 Å². The molecule has 1 heterocycles. The van der Waals surface area contributed by atoms with Crippen LogP contribution in [0.15, 0.2) is 54.2 Å². The van der Waals surface area contributed by atoms with E-state index >= 15 is 0 Å². The van der Waals surface area contributed by atoms with Gasteiger partial charge in [-0.3, -0.25) is 4.79 Å². The summed E-state index contributed by atoms with van der Waals surface area (Å²) >= 11 is 0. The first-order chi connectivity index (χ1) is 15.8. The Morgan fingerprint density at radius 3 is 2.12 bits per heavy atom. The van der Waals surface area contributed by atoms with E-state index in [4.69, 9.17) is 0 Å². The summed E-state index contributed by atoms with van der Waals surface area (Å²) in [5.41, 5.74) is 2.02. The highest BCUT2D eigenvalue weighted by atomic mass is 16.1. The van der Waals surface area contributed by atoms with E-state index in [1.54, 1.807) is 18.3 Å². The molecule has 6 nitrogen and oxygen atoms in total. The molecular formula is C27H51N5O. The Morgan fingerprint density at radius 2 is 1.70 bits per heavy atom. The second-order valence-corrected chi connectivity index (χ2v) is 7.19. The van der Waals surface area contributed by atoms with Gasteiger partial charge in [-0.15, -0.1) is 0 Å². The Hall–Kier alpha value is -2.47. The zero-order chi connectivity index (χ0) is 26.3. The van der Waals surface area contributed by atoms with Crippen LogP contribution < -0.4 is 16.0 Å². The largest absolute Gasteiger partial charge is 0.346 e. The second-order valence-electron chi connectivity index (χ2n) is 7.19. The van der Waals surface area contributed by atoms with Gasteiger partial charge >= 0.3 is 0 Å². The maximum Gasteiger partial charge on any atom is 0.247 e. The van der Waals surface area contributed by atoms with Gasteiger partial charge in [-0.05, 0) is 57.5 Å². The maximum atomic E-state index is 12.7. The summed E-state index contributed by atoms with van der Waals surface area (Å²) in [6, 6.07) is 1.77. The number of nitrogens with one attached hydrogen (secondary N) is 3. The van der Waals surface area contributed by atoms with E-state index in [-0.39, 0.29) is 11.4 Å². The molecule has 1 unspecified atom stereocenters. The second kappa shape index (κ2) is 22.7. The van der Waals surface area contributed by atoms with Gasteiger partial charge in [0.1, 0.15) is 12.1 Å². The van der Waals surface area contributed by atoms with Crippen LogP contribution in [0.4, 0.5) is 5.82 Å². The zero-order valence-electron chi connectivity index (χ0n) is 23.2. The molecule has 0 aromatic carbocycles. The Balaban J connectivity index is -0.00000115. The van der Waals surface area contributed by atoms with E-state index in [9.17, 15) is 4.79 Å². The summed E-state index contributed by atoms with van der Waals surface area (Å²) in [6.45, 7) is 27.6. The summed E-state index contributed by atoms with van der Waals surface area (Å²) in [6.07, 6.45) is 8.81. The fourth-order valence-electron chi connectivity index (χ4n) is 2.21. The molecule has 33 heavy (non-hydrogen) atoms.